The Morgan fingerprint density at radius 1 is 0.941 bits per heavy atom. The zero-order valence-electron chi connectivity index (χ0n) is 19.7. The van der Waals surface area contributed by atoms with Crippen molar-refractivity contribution in [3.05, 3.63) is 107 Å². The van der Waals surface area contributed by atoms with Crippen LogP contribution in [0, 0.1) is 12.7 Å². The number of benzene rings is 3. The van der Waals surface area contributed by atoms with Crippen molar-refractivity contribution >= 4 is 23.6 Å². The summed E-state index contributed by atoms with van der Waals surface area (Å²) in [5.41, 5.74) is 4.10. The zero-order chi connectivity index (χ0) is 24.3. The number of carbonyl (C=O) groups is 2. The fraction of sp³-hybridized carbons (Fsp3) is 0.286. The van der Waals surface area contributed by atoms with E-state index < -0.39 is 6.04 Å². The number of halogens is 1. The van der Waals surface area contributed by atoms with Gasteiger partial charge in [0.05, 0.1) is 5.75 Å². The standard InChI is InChI=1S/C28H31FN2O2S/c1-3-30-28(33)26(17-22-9-5-4-6-10-22)31(18-23-12-14-25(29)15-13-23)27(32)20-34-19-24-11-7-8-21(2)16-24/h4-16,26H,3,17-20H2,1-2H3,(H,30,33). The monoisotopic (exact) mass is 478 g/mol. The van der Waals surface area contributed by atoms with Crippen LogP contribution in [0.2, 0.25) is 0 Å². The van der Waals surface area contributed by atoms with Crippen molar-refractivity contribution in [2.24, 2.45) is 0 Å². The first-order chi connectivity index (χ1) is 16.5. The normalized spacial score (nSPS) is 11.6. The van der Waals surface area contributed by atoms with Crippen molar-refractivity contribution in [1.29, 1.82) is 0 Å². The molecule has 178 valence electrons. The molecule has 0 saturated heterocycles. The molecule has 1 N–H and O–H groups in total. The summed E-state index contributed by atoms with van der Waals surface area (Å²) >= 11 is 1.53. The van der Waals surface area contributed by atoms with Crippen LogP contribution in [-0.2, 0) is 28.3 Å². The maximum Gasteiger partial charge on any atom is 0.243 e. The van der Waals surface area contributed by atoms with E-state index in [1.807, 2.05) is 62.4 Å². The Morgan fingerprint density at radius 2 is 1.65 bits per heavy atom. The number of carbonyl (C=O) groups excluding carboxylic acids is 2. The van der Waals surface area contributed by atoms with Gasteiger partial charge < -0.3 is 10.2 Å². The minimum Gasteiger partial charge on any atom is -0.355 e. The maximum atomic E-state index is 13.5. The van der Waals surface area contributed by atoms with Crippen LogP contribution >= 0.6 is 11.8 Å². The molecule has 0 heterocycles. The third kappa shape index (κ3) is 7.73. The molecule has 0 saturated carbocycles. The summed E-state index contributed by atoms with van der Waals surface area (Å²) in [6.07, 6.45) is 0.405. The lowest BCUT2D eigenvalue weighted by Crippen LogP contribution is -2.51. The highest BCUT2D eigenvalue weighted by Crippen LogP contribution is 2.19. The Bertz CT molecular complexity index is 1070. The van der Waals surface area contributed by atoms with E-state index in [9.17, 15) is 14.0 Å². The van der Waals surface area contributed by atoms with E-state index in [0.29, 0.717) is 18.7 Å². The number of amides is 2. The largest absolute Gasteiger partial charge is 0.355 e. The average Bonchev–Trinajstić information content (AvgIpc) is 2.83. The molecule has 3 aromatic carbocycles. The van der Waals surface area contributed by atoms with Gasteiger partial charge in [-0.25, -0.2) is 4.39 Å². The Balaban J connectivity index is 1.81. The summed E-state index contributed by atoms with van der Waals surface area (Å²) in [6, 6.07) is 23.3. The lowest BCUT2D eigenvalue weighted by Gasteiger charge is -2.31. The molecule has 0 spiro atoms. The Morgan fingerprint density at radius 3 is 2.32 bits per heavy atom. The minimum absolute atomic E-state index is 0.117. The van der Waals surface area contributed by atoms with Crippen molar-refractivity contribution in [2.45, 2.75) is 38.6 Å². The van der Waals surface area contributed by atoms with Gasteiger partial charge in [0.15, 0.2) is 0 Å². The maximum absolute atomic E-state index is 13.5. The van der Waals surface area contributed by atoms with Crippen LogP contribution in [0.4, 0.5) is 4.39 Å². The number of nitrogens with zero attached hydrogens (tertiary/aromatic N) is 1. The molecule has 0 aliphatic rings. The fourth-order valence-electron chi connectivity index (χ4n) is 3.77. The van der Waals surface area contributed by atoms with Crippen LogP contribution in [0.25, 0.3) is 0 Å². The second-order valence-corrected chi connectivity index (χ2v) is 9.22. The van der Waals surface area contributed by atoms with Gasteiger partial charge in [-0.2, -0.15) is 0 Å². The molecule has 34 heavy (non-hydrogen) atoms. The van der Waals surface area contributed by atoms with Crippen LogP contribution in [0.1, 0.15) is 29.2 Å². The topological polar surface area (TPSA) is 49.4 Å². The van der Waals surface area contributed by atoms with Gasteiger partial charge in [0.25, 0.3) is 0 Å². The average molecular weight is 479 g/mol. The molecular weight excluding hydrogens is 447 g/mol. The molecule has 0 fully saturated rings. The second kappa shape index (κ2) is 12.9. The molecule has 1 atom stereocenters. The molecule has 6 heteroatoms. The van der Waals surface area contributed by atoms with Gasteiger partial charge in [-0.15, -0.1) is 11.8 Å². The summed E-state index contributed by atoms with van der Waals surface area (Å²) in [4.78, 5) is 28.2. The number of rotatable bonds is 11. The highest BCUT2D eigenvalue weighted by atomic mass is 32.2. The molecule has 0 aliphatic carbocycles. The van der Waals surface area contributed by atoms with E-state index in [4.69, 9.17) is 0 Å². The smallest absolute Gasteiger partial charge is 0.243 e. The van der Waals surface area contributed by atoms with Gasteiger partial charge in [0.1, 0.15) is 11.9 Å². The minimum atomic E-state index is -0.667. The van der Waals surface area contributed by atoms with Crippen molar-refractivity contribution < 1.29 is 14.0 Å². The molecule has 4 nitrogen and oxygen atoms in total. The predicted octanol–water partition coefficient (Wildman–Crippen LogP) is 5.14. The third-order valence-electron chi connectivity index (χ3n) is 5.47. The third-order valence-corrected chi connectivity index (χ3v) is 6.45. The van der Waals surface area contributed by atoms with Gasteiger partial charge in [-0.1, -0.05) is 72.3 Å². The Hall–Kier alpha value is -3.12. The number of nitrogens with one attached hydrogen (secondary N) is 1. The number of hydrogen-bond donors (Lipinski definition) is 1. The molecule has 0 bridgehead atoms. The van der Waals surface area contributed by atoms with Gasteiger partial charge in [-0.05, 0) is 42.7 Å². The summed E-state index contributed by atoms with van der Waals surface area (Å²) in [6.45, 7) is 4.62. The molecule has 3 rings (SSSR count). The number of likely N-dealkylation sites (N-methyl/N-ethyl adjacent to an activating group) is 1. The van der Waals surface area contributed by atoms with Crippen molar-refractivity contribution in [2.75, 3.05) is 12.3 Å². The van der Waals surface area contributed by atoms with Crippen LogP contribution in [0.15, 0.2) is 78.9 Å². The lowest BCUT2D eigenvalue weighted by molar-refractivity contribution is -0.139. The van der Waals surface area contributed by atoms with Gasteiger partial charge in [-0.3, -0.25) is 9.59 Å². The molecule has 2 amide bonds. The fourth-order valence-corrected chi connectivity index (χ4v) is 4.63. The molecule has 0 radical (unpaired) electrons. The first kappa shape index (κ1) is 25.5. The first-order valence-electron chi connectivity index (χ1n) is 11.4. The summed E-state index contributed by atoms with van der Waals surface area (Å²) < 4.78 is 13.5. The van der Waals surface area contributed by atoms with Crippen LogP contribution in [0.5, 0.6) is 0 Å². The van der Waals surface area contributed by atoms with Crippen molar-refractivity contribution in [3.63, 3.8) is 0 Å². The SMILES string of the molecule is CCNC(=O)C(Cc1ccccc1)N(Cc1ccc(F)cc1)C(=O)CSCc1cccc(C)c1. The molecule has 0 aromatic heterocycles. The van der Waals surface area contributed by atoms with Crippen molar-refractivity contribution in [3.8, 4) is 0 Å². The van der Waals surface area contributed by atoms with Gasteiger partial charge >= 0.3 is 0 Å². The van der Waals surface area contributed by atoms with Crippen LogP contribution in [-0.4, -0.2) is 35.1 Å². The Labute approximate surface area is 205 Å². The van der Waals surface area contributed by atoms with E-state index in [-0.39, 0.29) is 29.9 Å². The van der Waals surface area contributed by atoms with E-state index in [1.165, 1.54) is 29.5 Å². The number of aryl methyl sites for hydroxylation is 1. The van der Waals surface area contributed by atoms with E-state index >= 15 is 0 Å². The molecule has 3 aromatic rings. The van der Waals surface area contributed by atoms with E-state index in [0.717, 1.165) is 16.7 Å². The van der Waals surface area contributed by atoms with Crippen molar-refractivity contribution in [1.82, 2.24) is 10.2 Å². The Kier molecular flexibility index (Phi) is 9.71. The second-order valence-electron chi connectivity index (χ2n) is 8.23. The molecular formula is C28H31FN2O2S. The summed E-state index contributed by atoms with van der Waals surface area (Å²) in [5.74, 6) is 0.321. The van der Waals surface area contributed by atoms with E-state index in [2.05, 4.69) is 11.4 Å². The summed E-state index contributed by atoms with van der Waals surface area (Å²) in [7, 11) is 0. The molecule has 1 unspecified atom stereocenters. The van der Waals surface area contributed by atoms with Gasteiger partial charge in [0.2, 0.25) is 11.8 Å². The predicted molar refractivity (Wildman–Crippen MR) is 137 cm³/mol. The van der Waals surface area contributed by atoms with Crippen LogP contribution in [0.3, 0.4) is 0 Å². The quantitative estimate of drug-likeness (QED) is 0.415. The van der Waals surface area contributed by atoms with Crippen LogP contribution < -0.4 is 5.32 Å². The van der Waals surface area contributed by atoms with Gasteiger partial charge in [0, 0.05) is 25.3 Å². The first-order valence-corrected chi connectivity index (χ1v) is 12.6. The number of hydrogen-bond acceptors (Lipinski definition) is 3. The zero-order valence-corrected chi connectivity index (χ0v) is 20.5. The lowest BCUT2D eigenvalue weighted by atomic mass is 10.0. The number of thioether (sulfide) groups is 1. The van der Waals surface area contributed by atoms with E-state index in [1.54, 1.807) is 17.0 Å². The summed E-state index contributed by atoms with van der Waals surface area (Å²) in [5, 5.41) is 2.88. The molecule has 0 aliphatic heterocycles. The highest BCUT2D eigenvalue weighted by molar-refractivity contribution is 7.99. The highest BCUT2D eigenvalue weighted by Gasteiger charge is 2.30.